The number of rotatable bonds is 7. The maximum Gasteiger partial charge on any atom is 0.232 e. The van der Waals surface area contributed by atoms with Gasteiger partial charge >= 0.3 is 0 Å². The number of hydrogen-bond acceptors (Lipinski definition) is 7. The summed E-state index contributed by atoms with van der Waals surface area (Å²) in [6.07, 6.45) is 0. The van der Waals surface area contributed by atoms with E-state index in [0.29, 0.717) is 29.1 Å². The van der Waals surface area contributed by atoms with E-state index in [4.69, 9.17) is 16.3 Å². The van der Waals surface area contributed by atoms with Crippen molar-refractivity contribution in [3.63, 3.8) is 0 Å². The molecule has 1 aliphatic rings. The smallest absolute Gasteiger partial charge is 0.232 e. The quantitative estimate of drug-likeness (QED) is 0.480. The largest absolute Gasteiger partial charge is 0.378 e. The van der Waals surface area contributed by atoms with Crippen LogP contribution < -0.4 is 4.90 Å². The van der Waals surface area contributed by atoms with Crippen LogP contribution in [0.1, 0.15) is 5.56 Å². The first kappa shape index (κ1) is 22.1. The molecule has 2 aromatic carbocycles. The molecule has 10 heteroatoms. The van der Waals surface area contributed by atoms with Gasteiger partial charge in [-0.3, -0.25) is 4.57 Å². The molecule has 1 fully saturated rings. The first-order valence-corrected chi connectivity index (χ1v) is 12.9. The van der Waals surface area contributed by atoms with Crippen LogP contribution in [0.2, 0.25) is 5.02 Å². The lowest BCUT2D eigenvalue weighted by atomic mass is 10.2. The Balaban J connectivity index is 1.55. The van der Waals surface area contributed by atoms with Crippen molar-refractivity contribution in [2.45, 2.75) is 17.0 Å². The summed E-state index contributed by atoms with van der Waals surface area (Å²) in [5, 5.41) is 9.97. The van der Waals surface area contributed by atoms with Crippen molar-refractivity contribution in [2.24, 2.45) is 0 Å². The minimum Gasteiger partial charge on any atom is -0.378 e. The highest BCUT2D eigenvalue weighted by Gasteiger charge is 2.22. The highest BCUT2D eigenvalue weighted by atomic mass is 35.5. The number of sulfone groups is 1. The molecule has 0 atom stereocenters. The number of halogens is 1. The van der Waals surface area contributed by atoms with E-state index in [1.54, 1.807) is 12.1 Å². The Labute approximate surface area is 191 Å². The minimum atomic E-state index is -3.41. The van der Waals surface area contributed by atoms with Crippen LogP contribution in [0.3, 0.4) is 0 Å². The Morgan fingerprint density at radius 1 is 1.03 bits per heavy atom. The van der Waals surface area contributed by atoms with Crippen LogP contribution in [-0.2, 0) is 14.6 Å². The summed E-state index contributed by atoms with van der Waals surface area (Å²) < 4.78 is 32.8. The fraction of sp³-hybridized carbons (Fsp3) is 0.333. The van der Waals surface area contributed by atoms with E-state index in [-0.39, 0.29) is 10.6 Å². The van der Waals surface area contributed by atoms with Crippen molar-refractivity contribution in [3.8, 4) is 5.69 Å². The van der Waals surface area contributed by atoms with Gasteiger partial charge in [-0.2, -0.15) is 0 Å². The SMILES string of the molecule is Cc1ccc(-n2c(SCCS(=O)(=O)c3ccc(Cl)cc3)nnc2N2CCOCC2)cc1. The van der Waals surface area contributed by atoms with Crippen LogP contribution in [0.25, 0.3) is 5.69 Å². The van der Waals surface area contributed by atoms with E-state index < -0.39 is 9.84 Å². The van der Waals surface area contributed by atoms with Gasteiger partial charge in [-0.1, -0.05) is 41.1 Å². The van der Waals surface area contributed by atoms with Gasteiger partial charge in [-0.05, 0) is 43.3 Å². The van der Waals surface area contributed by atoms with Gasteiger partial charge in [0.2, 0.25) is 5.95 Å². The van der Waals surface area contributed by atoms with E-state index in [2.05, 4.69) is 15.1 Å². The lowest BCUT2D eigenvalue weighted by molar-refractivity contribution is 0.122. The second kappa shape index (κ2) is 9.60. The molecule has 1 aliphatic heterocycles. The monoisotopic (exact) mass is 478 g/mol. The summed E-state index contributed by atoms with van der Waals surface area (Å²) in [4.78, 5) is 2.41. The summed E-state index contributed by atoms with van der Waals surface area (Å²) in [5.74, 6) is 1.10. The van der Waals surface area contributed by atoms with Crippen molar-refractivity contribution < 1.29 is 13.2 Å². The van der Waals surface area contributed by atoms with Gasteiger partial charge < -0.3 is 9.64 Å². The standard InChI is InChI=1S/C21H23ClN4O3S2/c1-16-2-6-18(7-3-16)26-20(25-10-12-29-13-11-25)23-24-21(26)30-14-15-31(27,28)19-8-4-17(22)5-9-19/h2-9H,10-15H2,1H3. The second-order valence-electron chi connectivity index (χ2n) is 7.17. The summed E-state index contributed by atoms with van der Waals surface area (Å²) >= 11 is 7.25. The number of ether oxygens (including phenoxy) is 1. The maximum absolute atomic E-state index is 12.7. The molecular weight excluding hydrogens is 456 g/mol. The predicted molar refractivity (Wildman–Crippen MR) is 123 cm³/mol. The molecule has 31 heavy (non-hydrogen) atoms. The van der Waals surface area contributed by atoms with Gasteiger partial charge in [-0.15, -0.1) is 10.2 Å². The Kier molecular flexibility index (Phi) is 6.86. The molecule has 164 valence electrons. The van der Waals surface area contributed by atoms with Gasteiger partial charge in [0, 0.05) is 23.9 Å². The van der Waals surface area contributed by atoms with Crippen molar-refractivity contribution in [1.82, 2.24) is 14.8 Å². The molecule has 4 rings (SSSR count). The zero-order valence-corrected chi connectivity index (χ0v) is 19.5. The van der Waals surface area contributed by atoms with Gasteiger partial charge in [0.1, 0.15) is 0 Å². The second-order valence-corrected chi connectivity index (χ2v) is 10.8. The fourth-order valence-electron chi connectivity index (χ4n) is 3.25. The van der Waals surface area contributed by atoms with Crippen molar-refractivity contribution >= 4 is 39.1 Å². The van der Waals surface area contributed by atoms with E-state index in [1.165, 1.54) is 23.9 Å². The zero-order chi connectivity index (χ0) is 21.8. The summed E-state index contributed by atoms with van der Waals surface area (Å²) in [6, 6.07) is 14.4. The summed E-state index contributed by atoms with van der Waals surface area (Å²) in [6.45, 7) is 4.79. The van der Waals surface area contributed by atoms with E-state index in [1.807, 2.05) is 35.8 Å². The van der Waals surface area contributed by atoms with Crippen LogP contribution >= 0.6 is 23.4 Å². The highest BCUT2D eigenvalue weighted by molar-refractivity contribution is 8.00. The van der Waals surface area contributed by atoms with Gasteiger partial charge in [-0.25, -0.2) is 8.42 Å². The molecular formula is C21H23ClN4O3S2. The molecule has 1 saturated heterocycles. The van der Waals surface area contributed by atoms with Crippen molar-refractivity contribution in [1.29, 1.82) is 0 Å². The first-order chi connectivity index (χ1) is 14.9. The molecule has 0 saturated carbocycles. The van der Waals surface area contributed by atoms with Crippen molar-refractivity contribution in [2.75, 3.05) is 42.7 Å². The van der Waals surface area contributed by atoms with Crippen molar-refractivity contribution in [3.05, 3.63) is 59.1 Å². The number of nitrogens with zero attached hydrogens (tertiary/aromatic N) is 4. The molecule has 7 nitrogen and oxygen atoms in total. The molecule has 0 unspecified atom stereocenters. The molecule has 0 amide bonds. The van der Waals surface area contributed by atoms with E-state index in [9.17, 15) is 8.42 Å². The normalized spacial score (nSPS) is 14.7. The van der Waals surface area contributed by atoms with Gasteiger partial charge in [0.25, 0.3) is 0 Å². The minimum absolute atomic E-state index is 0.00700. The van der Waals surface area contributed by atoms with Crippen LogP contribution in [0.15, 0.2) is 58.6 Å². The van der Waals surface area contributed by atoms with Gasteiger partial charge in [0.15, 0.2) is 15.0 Å². The van der Waals surface area contributed by atoms with E-state index >= 15 is 0 Å². The van der Waals surface area contributed by atoms with Gasteiger partial charge in [0.05, 0.1) is 29.5 Å². The molecule has 3 aromatic rings. The molecule has 0 N–H and O–H groups in total. The topological polar surface area (TPSA) is 77.3 Å². The molecule has 0 spiro atoms. The molecule has 2 heterocycles. The van der Waals surface area contributed by atoms with Crippen LogP contribution in [0, 0.1) is 6.92 Å². The number of anilines is 1. The first-order valence-electron chi connectivity index (χ1n) is 9.90. The lowest BCUT2D eigenvalue weighted by Gasteiger charge is -2.28. The number of thioether (sulfide) groups is 1. The number of morpholine rings is 1. The molecule has 0 aliphatic carbocycles. The number of hydrogen-bond donors (Lipinski definition) is 0. The van der Waals surface area contributed by atoms with E-state index in [0.717, 1.165) is 30.3 Å². The fourth-order valence-corrected chi connectivity index (χ4v) is 5.97. The number of benzene rings is 2. The predicted octanol–water partition coefficient (Wildman–Crippen LogP) is 3.63. The Morgan fingerprint density at radius 3 is 2.39 bits per heavy atom. The van der Waals surface area contributed by atoms with Crippen LogP contribution in [0.4, 0.5) is 5.95 Å². The average molecular weight is 479 g/mol. The average Bonchev–Trinajstić information content (AvgIpc) is 3.19. The Morgan fingerprint density at radius 2 is 1.71 bits per heavy atom. The number of aromatic nitrogens is 3. The Bertz CT molecular complexity index is 1130. The lowest BCUT2D eigenvalue weighted by Crippen LogP contribution is -2.37. The van der Waals surface area contributed by atoms with Crippen LogP contribution in [-0.4, -0.2) is 61.0 Å². The third kappa shape index (κ3) is 5.23. The molecule has 0 radical (unpaired) electrons. The Hall–Kier alpha value is -2.07. The third-order valence-corrected chi connectivity index (χ3v) is 8.13. The third-order valence-electron chi connectivity index (χ3n) is 4.96. The maximum atomic E-state index is 12.7. The number of aryl methyl sites for hydroxylation is 1. The molecule has 1 aromatic heterocycles. The summed E-state index contributed by atoms with van der Waals surface area (Å²) in [5.41, 5.74) is 2.10. The van der Waals surface area contributed by atoms with Crippen LogP contribution in [0.5, 0.6) is 0 Å². The zero-order valence-electron chi connectivity index (χ0n) is 17.1. The molecule has 0 bridgehead atoms. The highest BCUT2D eigenvalue weighted by Crippen LogP contribution is 2.28. The summed E-state index contributed by atoms with van der Waals surface area (Å²) in [7, 11) is -3.41.